The molecule has 0 fully saturated rings. The summed E-state index contributed by atoms with van der Waals surface area (Å²) in [5, 5.41) is 3.23. The van der Waals surface area contributed by atoms with Crippen LogP contribution in [0.4, 0.5) is 10.1 Å². The first kappa shape index (κ1) is 34.0. The summed E-state index contributed by atoms with van der Waals surface area (Å²) in [6.07, 6.45) is 1.69. The standard InChI is InChI=1S/C34H34Cl2FN3O4S/c1-2-3-18-38-34(42)32(19-25-12-6-4-7-13-25)39(23-26-14-10-11-17-31(26)37)33(41)24-40(29-21-27(35)20-28(36)22-29)45(43,44)30-15-8-5-9-16-30/h4-17,20-22,32H,2-3,18-19,23-24H2,1H3,(H,38,42). The number of rotatable bonds is 14. The van der Waals surface area contributed by atoms with Crippen molar-refractivity contribution in [2.24, 2.45) is 0 Å². The number of unbranched alkanes of at least 4 members (excludes halogenated alkanes) is 1. The van der Waals surface area contributed by atoms with Crippen LogP contribution >= 0.6 is 23.2 Å². The second-order valence-corrected chi connectivity index (χ2v) is 13.2. The lowest BCUT2D eigenvalue weighted by atomic mass is 10.0. The van der Waals surface area contributed by atoms with Gasteiger partial charge in [0.2, 0.25) is 11.8 Å². The Balaban J connectivity index is 1.81. The predicted molar refractivity (Wildman–Crippen MR) is 176 cm³/mol. The van der Waals surface area contributed by atoms with Crippen LogP contribution in [-0.4, -0.2) is 44.3 Å². The summed E-state index contributed by atoms with van der Waals surface area (Å²) in [6, 6.07) is 25.9. The zero-order chi connectivity index (χ0) is 32.4. The highest BCUT2D eigenvalue weighted by Gasteiger charge is 2.35. The van der Waals surface area contributed by atoms with Gasteiger partial charge in [0.1, 0.15) is 18.4 Å². The molecule has 1 unspecified atom stereocenters. The fourth-order valence-electron chi connectivity index (χ4n) is 4.80. The molecule has 0 bridgehead atoms. The Morgan fingerprint density at radius 1 is 0.867 bits per heavy atom. The fraction of sp³-hybridized carbons (Fsp3) is 0.235. The number of sulfonamides is 1. The van der Waals surface area contributed by atoms with Crippen LogP contribution in [0, 0.1) is 5.82 Å². The number of halogens is 3. The van der Waals surface area contributed by atoms with E-state index in [0.29, 0.717) is 6.54 Å². The molecule has 0 aliphatic heterocycles. The van der Waals surface area contributed by atoms with Gasteiger partial charge in [0.15, 0.2) is 0 Å². The fourth-order valence-corrected chi connectivity index (χ4v) is 6.74. The van der Waals surface area contributed by atoms with Crippen molar-refractivity contribution in [2.75, 3.05) is 17.4 Å². The first-order valence-corrected chi connectivity index (χ1v) is 16.7. The molecule has 45 heavy (non-hydrogen) atoms. The summed E-state index contributed by atoms with van der Waals surface area (Å²) in [5.41, 5.74) is 1.01. The molecular formula is C34H34Cl2FN3O4S. The first-order valence-electron chi connectivity index (χ1n) is 14.5. The van der Waals surface area contributed by atoms with Crippen LogP contribution in [0.3, 0.4) is 0 Å². The highest BCUT2D eigenvalue weighted by molar-refractivity contribution is 7.92. The van der Waals surface area contributed by atoms with Gasteiger partial charge in [-0.25, -0.2) is 12.8 Å². The van der Waals surface area contributed by atoms with Crippen molar-refractivity contribution in [2.45, 2.75) is 43.7 Å². The predicted octanol–water partition coefficient (Wildman–Crippen LogP) is 6.88. The number of carbonyl (C=O) groups is 2. The monoisotopic (exact) mass is 669 g/mol. The van der Waals surface area contributed by atoms with E-state index in [2.05, 4.69) is 5.32 Å². The van der Waals surface area contributed by atoms with Gasteiger partial charge in [-0.3, -0.25) is 13.9 Å². The number of nitrogens with one attached hydrogen (secondary N) is 1. The molecule has 0 saturated heterocycles. The summed E-state index contributed by atoms with van der Waals surface area (Å²) >= 11 is 12.5. The SMILES string of the molecule is CCCCNC(=O)C(Cc1ccccc1)N(Cc1ccccc1F)C(=O)CN(c1cc(Cl)cc(Cl)c1)S(=O)(=O)c1ccccc1. The maximum absolute atomic E-state index is 15.0. The van der Waals surface area contributed by atoms with Crippen LogP contribution in [0.15, 0.2) is 108 Å². The molecule has 0 saturated carbocycles. The van der Waals surface area contributed by atoms with Crippen LogP contribution in [0.25, 0.3) is 0 Å². The molecule has 0 aliphatic rings. The Labute approximate surface area is 273 Å². The highest BCUT2D eigenvalue weighted by atomic mass is 35.5. The molecule has 1 atom stereocenters. The van der Waals surface area contributed by atoms with E-state index in [1.807, 2.05) is 37.3 Å². The molecule has 4 aromatic carbocycles. The van der Waals surface area contributed by atoms with Crippen molar-refractivity contribution in [3.8, 4) is 0 Å². The van der Waals surface area contributed by atoms with Crippen LogP contribution < -0.4 is 9.62 Å². The van der Waals surface area contributed by atoms with Gasteiger partial charge in [-0.1, -0.05) is 103 Å². The lowest BCUT2D eigenvalue weighted by Crippen LogP contribution is -2.53. The molecule has 0 aliphatic carbocycles. The maximum atomic E-state index is 15.0. The number of hydrogen-bond donors (Lipinski definition) is 1. The molecule has 4 aromatic rings. The minimum absolute atomic E-state index is 0.0579. The van der Waals surface area contributed by atoms with Crippen LogP contribution in [-0.2, 0) is 32.6 Å². The number of hydrogen-bond acceptors (Lipinski definition) is 4. The average molecular weight is 671 g/mol. The summed E-state index contributed by atoms with van der Waals surface area (Å²) in [4.78, 5) is 29.3. The molecular weight excluding hydrogens is 636 g/mol. The Morgan fingerprint density at radius 3 is 2.09 bits per heavy atom. The zero-order valence-corrected chi connectivity index (χ0v) is 27.0. The molecule has 0 heterocycles. The van der Waals surface area contributed by atoms with Crippen LogP contribution in [0.1, 0.15) is 30.9 Å². The number of carbonyl (C=O) groups excluding carboxylic acids is 2. The lowest BCUT2D eigenvalue weighted by molar-refractivity contribution is -0.140. The van der Waals surface area contributed by atoms with E-state index in [0.717, 1.165) is 22.7 Å². The van der Waals surface area contributed by atoms with Gasteiger partial charge in [0.25, 0.3) is 10.0 Å². The van der Waals surface area contributed by atoms with Gasteiger partial charge >= 0.3 is 0 Å². The Bertz CT molecular complexity index is 1690. The molecule has 0 radical (unpaired) electrons. The summed E-state index contributed by atoms with van der Waals surface area (Å²) in [5.74, 6) is -1.71. The van der Waals surface area contributed by atoms with Gasteiger partial charge in [0, 0.05) is 35.1 Å². The minimum Gasteiger partial charge on any atom is -0.354 e. The summed E-state index contributed by atoms with van der Waals surface area (Å²) < 4.78 is 44.0. The molecule has 11 heteroatoms. The van der Waals surface area contributed by atoms with E-state index in [4.69, 9.17) is 23.2 Å². The second kappa shape index (κ2) is 15.9. The minimum atomic E-state index is -4.33. The largest absolute Gasteiger partial charge is 0.354 e. The van der Waals surface area contributed by atoms with E-state index in [1.165, 1.54) is 53.4 Å². The van der Waals surface area contributed by atoms with E-state index in [-0.39, 0.29) is 39.2 Å². The lowest BCUT2D eigenvalue weighted by Gasteiger charge is -2.34. The van der Waals surface area contributed by atoms with E-state index in [1.54, 1.807) is 24.3 Å². The van der Waals surface area contributed by atoms with E-state index < -0.39 is 40.2 Å². The van der Waals surface area contributed by atoms with E-state index >= 15 is 4.39 Å². The number of nitrogens with zero attached hydrogens (tertiary/aromatic N) is 2. The van der Waals surface area contributed by atoms with Crippen molar-refractivity contribution >= 4 is 50.7 Å². The van der Waals surface area contributed by atoms with Gasteiger partial charge in [0.05, 0.1) is 10.6 Å². The molecule has 1 N–H and O–H groups in total. The number of amides is 2. The number of benzene rings is 4. The van der Waals surface area contributed by atoms with Crippen molar-refractivity contribution in [1.29, 1.82) is 0 Å². The summed E-state index contributed by atoms with van der Waals surface area (Å²) in [6.45, 7) is 1.39. The average Bonchev–Trinajstić information content (AvgIpc) is 3.02. The first-order chi connectivity index (χ1) is 21.6. The molecule has 0 spiro atoms. The molecule has 0 aromatic heterocycles. The zero-order valence-electron chi connectivity index (χ0n) is 24.7. The normalized spacial score (nSPS) is 11.9. The van der Waals surface area contributed by atoms with Crippen LogP contribution in [0.2, 0.25) is 10.0 Å². The topological polar surface area (TPSA) is 86.8 Å². The quantitative estimate of drug-likeness (QED) is 0.148. The Morgan fingerprint density at radius 2 is 1.47 bits per heavy atom. The van der Waals surface area contributed by atoms with Gasteiger partial charge in [-0.2, -0.15) is 0 Å². The van der Waals surface area contributed by atoms with Crippen molar-refractivity contribution < 1.29 is 22.4 Å². The molecule has 2 amide bonds. The smallest absolute Gasteiger partial charge is 0.264 e. The second-order valence-electron chi connectivity index (χ2n) is 10.4. The van der Waals surface area contributed by atoms with Crippen molar-refractivity contribution in [3.63, 3.8) is 0 Å². The Hall–Kier alpha value is -3.92. The van der Waals surface area contributed by atoms with Gasteiger partial charge < -0.3 is 10.2 Å². The molecule has 4 rings (SSSR count). The molecule has 236 valence electrons. The maximum Gasteiger partial charge on any atom is 0.264 e. The highest BCUT2D eigenvalue weighted by Crippen LogP contribution is 2.30. The third-order valence-electron chi connectivity index (χ3n) is 7.14. The van der Waals surface area contributed by atoms with Crippen LogP contribution in [0.5, 0.6) is 0 Å². The van der Waals surface area contributed by atoms with Crippen molar-refractivity contribution in [1.82, 2.24) is 10.2 Å². The third-order valence-corrected chi connectivity index (χ3v) is 9.37. The van der Waals surface area contributed by atoms with Gasteiger partial charge in [-0.05, 0) is 48.4 Å². The van der Waals surface area contributed by atoms with Gasteiger partial charge in [-0.15, -0.1) is 0 Å². The number of anilines is 1. The molecule has 7 nitrogen and oxygen atoms in total. The third kappa shape index (κ3) is 9.06. The summed E-state index contributed by atoms with van der Waals surface area (Å²) in [7, 11) is -4.33. The van der Waals surface area contributed by atoms with Crippen molar-refractivity contribution in [3.05, 3.63) is 130 Å². The van der Waals surface area contributed by atoms with E-state index in [9.17, 15) is 18.0 Å². The Kier molecular flexibility index (Phi) is 12.0.